The van der Waals surface area contributed by atoms with E-state index < -0.39 is 0 Å². The van der Waals surface area contributed by atoms with Crippen molar-refractivity contribution in [2.75, 3.05) is 18.5 Å². The summed E-state index contributed by atoms with van der Waals surface area (Å²) in [5, 5.41) is 6.35. The maximum atomic E-state index is 12.4. The Morgan fingerprint density at radius 1 is 1.04 bits per heavy atom. The first-order valence-electron chi connectivity index (χ1n) is 10.0. The molecule has 3 heterocycles. The summed E-state index contributed by atoms with van der Waals surface area (Å²) in [5.74, 6) is -0.0379. The number of aromatic nitrogens is 1. The van der Waals surface area contributed by atoms with Gasteiger partial charge in [-0.2, -0.15) is 0 Å². The zero-order valence-electron chi connectivity index (χ0n) is 16.0. The molecule has 3 aromatic rings. The molecule has 0 aliphatic carbocycles. The van der Waals surface area contributed by atoms with Crippen molar-refractivity contribution >= 4 is 33.0 Å². The van der Waals surface area contributed by atoms with E-state index in [1.165, 1.54) is 43.4 Å². The van der Waals surface area contributed by atoms with Gasteiger partial charge in [0.05, 0.1) is 4.88 Å². The van der Waals surface area contributed by atoms with E-state index in [4.69, 9.17) is 0 Å². The summed E-state index contributed by atoms with van der Waals surface area (Å²) in [7, 11) is 0. The second-order valence-corrected chi connectivity index (χ2v) is 8.35. The highest BCUT2D eigenvalue weighted by molar-refractivity contribution is 7.20. The first-order chi connectivity index (χ1) is 13.8. The molecule has 1 aliphatic heterocycles. The summed E-state index contributed by atoms with van der Waals surface area (Å²) in [6.07, 6.45) is 10.1. The van der Waals surface area contributed by atoms with Gasteiger partial charge >= 0.3 is 0 Å². The summed E-state index contributed by atoms with van der Waals surface area (Å²) < 4.78 is 1.08. The number of fused-ring (bicyclic) bond motifs is 1. The number of amides is 1. The van der Waals surface area contributed by atoms with Crippen LogP contribution in [0.1, 0.15) is 47.3 Å². The van der Waals surface area contributed by atoms with Gasteiger partial charge in [-0.3, -0.25) is 9.78 Å². The Kier molecular flexibility index (Phi) is 6.19. The fraction of sp³-hybridized carbons (Fsp3) is 0.364. The molecule has 2 aromatic heterocycles. The fourth-order valence-electron chi connectivity index (χ4n) is 3.50. The van der Waals surface area contributed by atoms with E-state index in [0.29, 0.717) is 6.54 Å². The van der Waals surface area contributed by atoms with E-state index in [2.05, 4.69) is 45.0 Å². The van der Waals surface area contributed by atoms with Crippen LogP contribution in [0.15, 0.2) is 48.8 Å². The van der Waals surface area contributed by atoms with Gasteiger partial charge < -0.3 is 10.7 Å². The number of benzene rings is 1. The minimum atomic E-state index is -0.0379. The summed E-state index contributed by atoms with van der Waals surface area (Å²) in [4.78, 5) is 17.3. The molecule has 0 atom stereocenters. The zero-order chi connectivity index (χ0) is 19.2. The smallest absolute Gasteiger partial charge is 0.261 e. The number of nitrogens with one attached hydrogen (secondary N) is 2. The predicted octanol–water partition coefficient (Wildman–Crippen LogP) is 4.82. The number of hydrogen-bond acceptors (Lipinski definition) is 5. The van der Waals surface area contributed by atoms with Crippen molar-refractivity contribution in [3.8, 4) is 0 Å². The van der Waals surface area contributed by atoms with Crippen LogP contribution in [-0.4, -0.2) is 29.0 Å². The predicted molar refractivity (Wildman–Crippen MR) is 116 cm³/mol. The van der Waals surface area contributed by atoms with Crippen LogP contribution < -0.4 is 10.7 Å². The lowest BCUT2D eigenvalue weighted by atomic mass is 10.1. The monoisotopic (exact) mass is 394 g/mol. The van der Waals surface area contributed by atoms with E-state index in [0.717, 1.165) is 39.3 Å². The normalized spacial score (nSPS) is 15.7. The molecule has 5 nitrogen and oxygen atoms in total. The van der Waals surface area contributed by atoms with Crippen LogP contribution in [0.4, 0.5) is 5.69 Å². The van der Waals surface area contributed by atoms with Crippen molar-refractivity contribution in [1.29, 1.82) is 0 Å². The van der Waals surface area contributed by atoms with Gasteiger partial charge in [0, 0.05) is 47.8 Å². The lowest BCUT2D eigenvalue weighted by Crippen LogP contribution is -2.32. The molecular formula is C22H26N4OS. The molecule has 6 heteroatoms. The van der Waals surface area contributed by atoms with Gasteiger partial charge in [-0.05, 0) is 42.7 Å². The Balaban J connectivity index is 1.30. The van der Waals surface area contributed by atoms with Crippen LogP contribution >= 0.6 is 11.3 Å². The van der Waals surface area contributed by atoms with Crippen LogP contribution in [0.2, 0.25) is 0 Å². The van der Waals surface area contributed by atoms with Crippen LogP contribution in [0.5, 0.6) is 0 Å². The van der Waals surface area contributed by atoms with E-state index >= 15 is 0 Å². The number of rotatable bonds is 5. The van der Waals surface area contributed by atoms with Crippen molar-refractivity contribution in [3.63, 3.8) is 0 Å². The van der Waals surface area contributed by atoms with Gasteiger partial charge in [0.1, 0.15) is 0 Å². The number of thiophene rings is 1. The molecule has 2 N–H and O–H groups in total. The second kappa shape index (κ2) is 9.17. The van der Waals surface area contributed by atoms with Crippen molar-refractivity contribution < 1.29 is 4.79 Å². The molecule has 0 spiro atoms. The van der Waals surface area contributed by atoms with Crippen molar-refractivity contribution in [2.45, 2.75) is 38.6 Å². The molecule has 4 rings (SSSR count). The molecule has 0 saturated carbocycles. The maximum absolute atomic E-state index is 12.4. The van der Waals surface area contributed by atoms with Gasteiger partial charge in [-0.25, -0.2) is 5.01 Å². The average molecular weight is 395 g/mol. The molecule has 1 amide bonds. The number of carbonyl (C=O) groups is 1. The van der Waals surface area contributed by atoms with Crippen LogP contribution in [0.3, 0.4) is 0 Å². The van der Waals surface area contributed by atoms with Gasteiger partial charge in [0.15, 0.2) is 0 Å². The summed E-state index contributed by atoms with van der Waals surface area (Å²) >= 11 is 1.50. The van der Waals surface area contributed by atoms with Gasteiger partial charge in [0.2, 0.25) is 0 Å². The Hall–Kier alpha value is -2.44. The van der Waals surface area contributed by atoms with Crippen molar-refractivity contribution in [2.24, 2.45) is 0 Å². The third kappa shape index (κ3) is 4.88. The highest BCUT2D eigenvalue weighted by atomic mass is 32.1. The fourth-order valence-corrected chi connectivity index (χ4v) is 4.45. The largest absolute Gasteiger partial charge is 0.347 e. The Morgan fingerprint density at radius 2 is 1.79 bits per heavy atom. The van der Waals surface area contributed by atoms with E-state index in [-0.39, 0.29) is 5.91 Å². The molecule has 0 radical (unpaired) electrons. The van der Waals surface area contributed by atoms with E-state index in [9.17, 15) is 4.79 Å². The van der Waals surface area contributed by atoms with Gasteiger partial charge in [0.25, 0.3) is 5.91 Å². The van der Waals surface area contributed by atoms with Gasteiger partial charge in [-0.1, -0.05) is 31.4 Å². The standard InChI is InChI=1S/C22H26N4OS/c27-22(21-14-18-16-23-11-10-20(18)28-21)24-15-17-6-8-19(9-7-17)25-26-12-4-2-1-3-5-13-26/h6-11,14,16,25H,1-5,12-13,15H2,(H,24,27). The minimum absolute atomic E-state index is 0.0379. The Morgan fingerprint density at radius 3 is 2.54 bits per heavy atom. The Labute approximate surface area is 169 Å². The number of pyridine rings is 1. The molecule has 0 unspecified atom stereocenters. The third-order valence-electron chi connectivity index (χ3n) is 5.09. The number of anilines is 1. The highest BCUT2D eigenvalue weighted by Gasteiger charge is 2.11. The molecule has 1 fully saturated rings. The average Bonchev–Trinajstić information content (AvgIpc) is 3.13. The van der Waals surface area contributed by atoms with E-state index in [1.807, 2.05) is 12.1 Å². The van der Waals surface area contributed by atoms with Crippen LogP contribution in [0.25, 0.3) is 10.1 Å². The highest BCUT2D eigenvalue weighted by Crippen LogP contribution is 2.24. The number of hydrazine groups is 1. The number of carbonyl (C=O) groups excluding carboxylic acids is 1. The molecule has 0 bridgehead atoms. The molecule has 1 aliphatic rings. The minimum Gasteiger partial charge on any atom is -0.347 e. The summed E-state index contributed by atoms with van der Waals surface area (Å²) in [6.45, 7) is 2.72. The number of hydrogen-bond donors (Lipinski definition) is 2. The Bertz CT molecular complexity index is 881. The molecular weight excluding hydrogens is 368 g/mol. The van der Waals surface area contributed by atoms with E-state index in [1.54, 1.807) is 12.4 Å². The summed E-state index contributed by atoms with van der Waals surface area (Å²) in [5.41, 5.74) is 5.72. The maximum Gasteiger partial charge on any atom is 0.261 e. The molecule has 1 aromatic carbocycles. The SMILES string of the molecule is O=C(NCc1ccc(NN2CCCCCCC2)cc1)c1cc2cnccc2s1. The van der Waals surface area contributed by atoms with Gasteiger partial charge in [-0.15, -0.1) is 11.3 Å². The quantitative estimate of drug-likeness (QED) is 0.651. The van der Waals surface area contributed by atoms with Crippen LogP contribution in [0, 0.1) is 0 Å². The first-order valence-corrected chi connectivity index (χ1v) is 10.8. The lowest BCUT2D eigenvalue weighted by Gasteiger charge is -2.26. The topological polar surface area (TPSA) is 57.3 Å². The molecule has 146 valence electrons. The number of nitrogens with zero attached hydrogens (tertiary/aromatic N) is 2. The van der Waals surface area contributed by atoms with Crippen molar-refractivity contribution in [3.05, 3.63) is 59.2 Å². The lowest BCUT2D eigenvalue weighted by molar-refractivity contribution is 0.0955. The molecule has 28 heavy (non-hydrogen) atoms. The zero-order valence-corrected chi connectivity index (χ0v) is 16.8. The summed E-state index contributed by atoms with van der Waals surface area (Å²) in [6, 6.07) is 12.2. The van der Waals surface area contributed by atoms with Crippen LogP contribution in [-0.2, 0) is 6.54 Å². The van der Waals surface area contributed by atoms with Crippen molar-refractivity contribution in [1.82, 2.24) is 15.3 Å². The second-order valence-electron chi connectivity index (χ2n) is 7.27. The molecule has 1 saturated heterocycles. The first kappa shape index (κ1) is 18.9. The third-order valence-corrected chi connectivity index (χ3v) is 6.21.